The first-order valence-corrected chi connectivity index (χ1v) is 13.7. The zero-order valence-electron chi connectivity index (χ0n) is 19.6. The van der Waals surface area contributed by atoms with Gasteiger partial charge in [-0.15, -0.1) is 0 Å². The highest BCUT2D eigenvalue weighted by Gasteiger charge is 2.37. The van der Waals surface area contributed by atoms with Crippen LogP contribution in [0.2, 0.25) is 23.3 Å². The number of aryl methyl sites for hydroxylation is 1. The van der Waals surface area contributed by atoms with Gasteiger partial charge in [-0.25, -0.2) is 4.98 Å². The van der Waals surface area contributed by atoms with Gasteiger partial charge in [0.1, 0.15) is 16.7 Å². The van der Waals surface area contributed by atoms with Crippen molar-refractivity contribution in [3.05, 3.63) is 29.8 Å². The summed E-state index contributed by atoms with van der Waals surface area (Å²) in [5, 5.41) is 0.338. The van der Waals surface area contributed by atoms with E-state index in [0.29, 0.717) is 29.9 Å². The zero-order chi connectivity index (χ0) is 24.3. The number of halogens is 4. The molecule has 2 aromatic heterocycles. The van der Waals surface area contributed by atoms with E-state index < -0.39 is 21.1 Å². The minimum Gasteiger partial charge on any atom is -0.490 e. The van der Waals surface area contributed by atoms with Crippen molar-refractivity contribution < 1.29 is 27.1 Å². The third-order valence-electron chi connectivity index (χ3n) is 5.55. The Morgan fingerprint density at radius 2 is 1.78 bits per heavy atom. The first kappa shape index (κ1) is 26.5. The van der Waals surface area contributed by atoms with Crippen LogP contribution >= 0.6 is 11.6 Å². The summed E-state index contributed by atoms with van der Waals surface area (Å²) in [6, 6.07) is 1.56. The highest BCUT2D eigenvalue weighted by molar-refractivity contribution is 6.74. The fourth-order valence-corrected chi connectivity index (χ4v) is 3.93. The second kappa shape index (κ2) is 10.1. The number of rotatable bonds is 9. The van der Waals surface area contributed by atoms with Crippen LogP contribution < -0.4 is 9.47 Å². The number of ether oxygens (including phenoxy) is 2. The van der Waals surface area contributed by atoms with Gasteiger partial charge in [0.05, 0.1) is 6.10 Å². The lowest BCUT2D eigenvalue weighted by molar-refractivity contribution is -0.153. The van der Waals surface area contributed by atoms with E-state index in [1.165, 1.54) is 12.4 Å². The van der Waals surface area contributed by atoms with E-state index in [9.17, 15) is 13.2 Å². The second-order valence-electron chi connectivity index (χ2n) is 9.43. The van der Waals surface area contributed by atoms with Gasteiger partial charge in [0.15, 0.2) is 14.9 Å². The lowest BCUT2D eigenvalue weighted by Crippen LogP contribution is -2.41. The maximum Gasteiger partial charge on any atom is 0.422 e. The van der Waals surface area contributed by atoms with Crippen LogP contribution in [0.4, 0.5) is 13.2 Å². The summed E-state index contributed by atoms with van der Waals surface area (Å²) in [7, 11) is -0.160. The molecule has 0 aliphatic heterocycles. The molecule has 0 saturated heterocycles. The Bertz CT molecular complexity index is 911. The normalized spacial score (nSPS) is 13.8. The van der Waals surface area contributed by atoms with Gasteiger partial charge in [-0.05, 0) is 25.1 Å². The first-order chi connectivity index (χ1) is 14.6. The molecule has 1 atom stereocenters. The van der Waals surface area contributed by atoms with Crippen LogP contribution in [0, 0.1) is 0 Å². The van der Waals surface area contributed by atoms with E-state index >= 15 is 0 Å². The highest BCUT2D eigenvalue weighted by atomic mass is 35.5. The molecule has 0 amide bonds. The van der Waals surface area contributed by atoms with Crippen molar-refractivity contribution in [1.82, 2.24) is 9.55 Å². The molecule has 0 bridgehead atoms. The predicted octanol–water partition coefficient (Wildman–Crippen LogP) is 6.86. The van der Waals surface area contributed by atoms with Gasteiger partial charge < -0.3 is 18.5 Å². The molecule has 0 aromatic carbocycles. The summed E-state index contributed by atoms with van der Waals surface area (Å²) in [5.41, 5.74) is 0.949. The van der Waals surface area contributed by atoms with E-state index in [2.05, 4.69) is 38.8 Å². The van der Waals surface area contributed by atoms with Crippen LogP contribution in [-0.4, -0.2) is 43.4 Å². The van der Waals surface area contributed by atoms with E-state index in [-0.39, 0.29) is 22.0 Å². The number of aromatic nitrogens is 2. The van der Waals surface area contributed by atoms with Gasteiger partial charge in [0.25, 0.3) is 0 Å². The summed E-state index contributed by atoms with van der Waals surface area (Å²) in [5.74, 6) is 0.514. The summed E-state index contributed by atoms with van der Waals surface area (Å²) in [4.78, 5) is 4.08. The van der Waals surface area contributed by atoms with Crippen LogP contribution in [0.3, 0.4) is 0 Å². The van der Waals surface area contributed by atoms with Crippen molar-refractivity contribution in [2.45, 2.75) is 64.5 Å². The molecular formula is C22H32ClF3N2O3Si. The minimum atomic E-state index is -4.44. The van der Waals surface area contributed by atoms with Crippen molar-refractivity contribution >= 4 is 19.9 Å². The van der Waals surface area contributed by atoms with Gasteiger partial charge in [-0.2, -0.15) is 13.2 Å². The lowest BCUT2D eigenvalue weighted by Gasteiger charge is -2.36. The number of pyridine rings is 1. The average molecular weight is 493 g/mol. The Hall–Kier alpha value is -1.71. The molecule has 0 N–H and O–H groups in total. The Morgan fingerprint density at radius 1 is 1.12 bits per heavy atom. The molecule has 32 heavy (non-hydrogen) atoms. The molecule has 2 rings (SSSR count). The quantitative estimate of drug-likeness (QED) is 0.283. The number of nitrogens with zero attached hydrogens (tertiary/aromatic N) is 2. The van der Waals surface area contributed by atoms with Crippen LogP contribution in [-0.2, 0) is 11.5 Å². The number of hydrogen-bond acceptors (Lipinski definition) is 4. The smallest absolute Gasteiger partial charge is 0.422 e. The van der Waals surface area contributed by atoms with E-state index in [4.69, 9.17) is 25.5 Å². The van der Waals surface area contributed by atoms with Gasteiger partial charge in [0.2, 0.25) is 0 Å². The number of hydrogen-bond donors (Lipinski definition) is 0. The van der Waals surface area contributed by atoms with Crippen molar-refractivity contribution in [3.63, 3.8) is 0 Å². The number of alkyl halides is 3. The van der Waals surface area contributed by atoms with Crippen molar-refractivity contribution in [1.29, 1.82) is 0 Å². The molecule has 2 aromatic rings. The molecule has 0 radical (unpaired) electrons. The van der Waals surface area contributed by atoms with E-state index in [0.717, 1.165) is 0 Å². The lowest BCUT2D eigenvalue weighted by atomic mass is 10.1. The summed E-state index contributed by atoms with van der Waals surface area (Å²) >= 11 is 6.07. The zero-order valence-corrected chi connectivity index (χ0v) is 21.4. The second-order valence-corrected chi connectivity index (χ2v) is 14.6. The Kier molecular flexibility index (Phi) is 8.34. The van der Waals surface area contributed by atoms with Crippen molar-refractivity contribution in [2.75, 3.05) is 13.2 Å². The molecule has 0 aliphatic carbocycles. The third kappa shape index (κ3) is 7.42. The molecule has 2 heterocycles. The van der Waals surface area contributed by atoms with Crippen LogP contribution in [0.25, 0.3) is 11.1 Å². The predicted molar refractivity (Wildman–Crippen MR) is 123 cm³/mol. The van der Waals surface area contributed by atoms with Gasteiger partial charge in [-0.3, -0.25) is 0 Å². The van der Waals surface area contributed by atoms with Crippen molar-refractivity contribution in [3.8, 4) is 22.6 Å². The van der Waals surface area contributed by atoms with Gasteiger partial charge >= 0.3 is 6.18 Å². The SMILES string of the molecule is C[C@@H](CCO[Si](C)(C)C(C)(C)C)Oc1cc(Cl)ncc1-c1cn(C)cc1OCC(F)(F)F. The molecule has 0 saturated carbocycles. The minimum absolute atomic E-state index is 0.0905. The maximum atomic E-state index is 12.7. The molecule has 10 heteroatoms. The summed E-state index contributed by atoms with van der Waals surface area (Å²) in [6.45, 7) is 12.0. The van der Waals surface area contributed by atoms with Crippen LogP contribution in [0.1, 0.15) is 34.1 Å². The van der Waals surface area contributed by atoms with Crippen LogP contribution in [0.15, 0.2) is 24.7 Å². The Morgan fingerprint density at radius 3 is 2.38 bits per heavy atom. The van der Waals surface area contributed by atoms with Crippen LogP contribution in [0.5, 0.6) is 11.5 Å². The summed E-state index contributed by atoms with van der Waals surface area (Å²) < 4.78 is 57.0. The molecule has 180 valence electrons. The Labute approximate surface area is 194 Å². The topological polar surface area (TPSA) is 45.5 Å². The van der Waals surface area contributed by atoms with Crippen molar-refractivity contribution in [2.24, 2.45) is 7.05 Å². The fraction of sp³-hybridized carbons (Fsp3) is 0.591. The highest BCUT2D eigenvalue weighted by Crippen LogP contribution is 2.39. The maximum absolute atomic E-state index is 12.7. The van der Waals surface area contributed by atoms with Gasteiger partial charge in [0, 0.05) is 55.9 Å². The fourth-order valence-electron chi connectivity index (χ4n) is 2.72. The van der Waals surface area contributed by atoms with E-state index in [1.807, 2.05) is 6.92 Å². The molecule has 0 unspecified atom stereocenters. The molecule has 5 nitrogen and oxygen atoms in total. The molecule has 0 aliphatic rings. The van der Waals surface area contributed by atoms with Gasteiger partial charge in [-0.1, -0.05) is 32.4 Å². The van der Waals surface area contributed by atoms with E-state index in [1.54, 1.807) is 23.9 Å². The Balaban J connectivity index is 2.18. The first-order valence-electron chi connectivity index (χ1n) is 10.4. The molecule has 0 spiro atoms. The molecule has 0 fully saturated rings. The molecular weight excluding hydrogens is 461 g/mol. The largest absolute Gasteiger partial charge is 0.490 e. The monoisotopic (exact) mass is 492 g/mol. The third-order valence-corrected chi connectivity index (χ3v) is 10.3. The average Bonchev–Trinajstić information content (AvgIpc) is 2.99. The standard InChI is InChI=1S/C22H32ClF3N2O3Si/c1-15(8-9-30-32(6,7)21(2,3)4)31-18-10-20(23)27-11-16(18)17-12-28(5)13-19(17)29-14-22(24,25)26/h10-13,15H,8-9,14H2,1-7H3/t15-/m0/s1. The summed E-state index contributed by atoms with van der Waals surface area (Å²) in [6.07, 6.45) is 0.624.